The van der Waals surface area contributed by atoms with Gasteiger partial charge in [0.05, 0.1) is 29.5 Å². The molecule has 2 aromatic heterocycles. The van der Waals surface area contributed by atoms with E-state index in [1.807, 2.05) is 41.8 Å². The summed E-state index contributed by atoms with van der Waals surface area (Å²) >= 11 is 2.79. The zero-order valence-electron chi connectivity index (χ0n) is 16.7. The van der Waals surface area contributed by atoms with Crippen molar-refractivity contribution in [3.05, 3.63) is 83.2 Å². The second-order valence-electron chi connectivity index (χ2n) is 6.56. The van der Waals surface area contributed by atoms with Gasteiger partial charge in [-0.05, 0) is 37.4 Å². The second-order valence-corrected chi connectivity index (χ2v) is 8.55. The van der Waals surface area contributed by atoms with Crippen LogP contribution in [0.2, 0.25) is 0 Å². The molecule has 1 aliphatic heterocycles. The number of hydrogen-bond donors (Lipinski definition) is 0. The number of fused-ring (bicyclic) bond motifs is 1. The van der Waals surface area contributed by atoms with Crippen LogP contribution in [0.1, 0.15) is 30.3 Å². The molecule has 30 heavy (non-hydrogen) atoms. The number of carbonyl (C=O) groups is 1. The maximum atomic E-state index is 13.4. The fraction of sp³-hybridized carbons (Fsp3) is 0.227. The molecule has 154 valence electrons. The van der Waals surface area contributed by atoms with Crippen LogP contribution in [0.4, 0.5) is 0 Å². The lowest BCUT2D eigenvalue weighted by Crippen LogP contribution is -2.39. The van der Waals surface area contributed by atoms with Gasteiger partial charge in [0.25, 0.3) is 5.56 Å². The quantitative estimate of drug-likeness (QED) is 0.572. The summed E-state index contributed by atoms with van der Waals surface area (Å²) in [5, 5.41) is 1.93. The highest BCUT2D eigenvalue weighted by Gasteiger charge is 2.33. The number of methoxy groups -OCH3 is 1. The molecule has 8 heteroatoms. The summed E-state index contributed by atoms with van der Waals surface area (Å²) in [5.41, 5.74) is 1.57. The van der Waals surface area contributed by atoms with Gasteiger partial charge in [-0.1, -0.05) is 35.6 Å². The molecule has 0 amide bonds. The number of allylic oxidation sites excluding steroid dienone is 1. The first-order chi connectivity index (χ1) is 14.5. The number of carbonyl (C=O) groups excluding carboxylic acids is 1. The van der Waals surface area contributed by atoms with Crippen LogP contribution in [0.5, 0.6) is 5.75 Å². The predicted octanol–water partition coefficient (Wildman–Crippen LogP) is 2.87. The van der Waals surface area contributed by atoms with E-state index in [0.29, 0.717) is 26.4 Å². The van der Waals surface area contributed by atoms with Gasteiger partial charge in [-0.15, -0.1) is 11.3 Å². The topological polar surface area (TPSA) is 69.9 Å². The molecule has 0 aliphatic carbocycles. The molecule has 1 aromatic carbocycles. The number of para-hydroxylation sites is 1. The molecule has 0 saturated carbocycles. The second kappa shape index (κ2) is 8.41. The van der Waals surface area contributed by atoms with Crippen LogP contribution in [-0.2, 0) is 9.53 Å². The zero-order valence-corrected chi connectivity index (χ0v) is 18.4. The van der Waals surface area contributed by atoms with Gasteiger partial charge in [-0.25, -0.2) is 9.79 Å². The lowest BCUT2D eigenvalue weighted by molar-refractivity contribution is -0.139. The van der Waals surface area contributed by atoms with Crippen LogP contribution in [0, 0.1) is 0 Å². The molecule has 3 heterocycles. The number of ether oxygens (including phenoxy) is 2. The lowest BCUT2D eigenvalue weighted by Gasteiger charge is -2.23. The highest BCUT2D eigenvalue weighted by atomic mass is 32.1. The zero-order chi connectivity index (χ0) is 21.3. The van der Waals surface area contributed by atoms with E-state index in [9.17, 15) is 9.59 Å². The smallest absolute Gasteiger partial charge is 0.338 e. The van der Waals surface area contributed by atoms with Crippen LogP contribution >= 0.6 is 22.7 Å². The van der Waals surface area contributed by atoms with Gasteiger partial charge < -0.3 is 9.47 Å². The van der Waals surface area contributed by atoms with E-state index in [4.69, 9.17) is 9.47 Å². The number of hydrogen-bond acceptors (Lipinski definition) is 7. The highest BCUT2D eigenvalue weighted by Crippen LogP contribution is 2.33. The van der Waals surface area contributed by atoms with Crippen LogP contribution in [0.15, 0.2) is 62.8 Å². The van der Waals surface area contributed by atoms with Gasteiger partial charge in [0.15, 0.2) is 4.80 Å². The van der Waals surface area contributed by atoms with Crippen molar-refractivity contribution in [2.45, 2.75) is 19.9 Å². The molecule has 0 bridgehead atoms. The Balaban J connectivity index is 1.95. The van der Waals surface area contributed by atoms with Gasteiger partial charge in [0.2, 0.25) is 0 Å². The number of thiazole rings is 1. The maximum absolute atomic E-state index is 13.4. The van der Waals surface area contributed by atoms with Crippen LogP contribution in [0.3, 0.4) is 0 Å². The average molecular weight is 441 g/mol. The Morgan fingerprint density at radius 3 is 2.77 bits per heavy atom. The Morgan fingerprint density at radius 1 is 1.27 bits per heavy atom. The molecule has 0 unspecified atom stereocenters. The molecule has 4 rings (SSSR count). The highest BCUT2D eigenvalue weighted by molar-refractivity contribution is 7.10. The molecule has 1 aliphatic rings. The van der Waals surface area contributed by atoms with Crippen molar-refractivity contribution in [3.63, 3.8) is 0 Å². The first-order valence-electron chi connectivity index (χ1n) is 9.41. The first kappa shape index (κ1) is 20.3. The maximum Gasteiger partial charge on any atom is 0.338 e. The summed E-state index contributed by atoms with van der Waals surface area (Å²) in [6, 6.07) is 10.8. The number of nitrogens with zero attached hydrogens (tertiary/aromatic N) is 2. The van der Waals surface area contributed by atoms with E-state index in [-0.39, 0.29) is 12.2 Å². The van der Waals surface area contributed by atoms with E-state index in [1.165, 1.54) is 22.7 Å². The van der Waals surface area contributed by atoms with Crippen molar-refractivity contribution in [2.75, 3.05) is 13.7 Å². The van der Waals surface area contributed by atoms with Gasteiger partial charge in [0.1, 0.15) is 11.8 Å². The van der Waals surface area contributed by atoms with E-state index in [0.717, 1.165) is 10.4 Å². The van der Waals surface area contributed by atoms with E-state index < -0.39 is 12.0 Å². The fourth-order valence-electron chi connectivity index (χ4n) is 3.43. The van der Waals surface area contributed by atoms with Crippen molar-refractivity contribution in [1.82, 2.24) is 4.57 Å². The molecule has 6 nitrogen and oxygen atoms in total. The van der Waals surface area contributed by atoms with Crippen LogP contribution in [-0.4, -0.2) is 24.3 Å². The summed E-state index contributed by atoms with van der Waals surface area (Å²) in [6.07, 6.45) is 1.80. The van der Waals surface area contributed by atoms with Crippen LogP contribution < -0.4 is 19.6 Å². The number of aromatic nitrogens is 1. The SMILES string of the molecule is CCOC(=O)C1=C(C)N=c2s/c(=C/c3ccccc3OC)c(=O)n2[C@H]1c1cccs1. The first-order valence-corrected chi connectivity index (χ1v) is 11.1. The van der Waals surface area contributed by atoms with Gasteiger partial charge in [-0.2, -0.15) is 0 Å². The third-order valence-corrected chi connectivity index (χ3v) is 6.66. The van der Waals surface area contributed by atoms with E-state index >= 15 is 0 Å². The largest absolute Gasteiger partial charge is 0.496 e. The summed E-state index contributed by atoms with van der Waals surface area (Å²) in [4.78, 5) is 32.2. The molecule has 0 fully saturated rings. The summed E-state index contributed by atoms with van der Waals surface area (Å²) in [6.45, 7) is 3.80. The summed E-state index contributed by atoms with van der Waals surface area (Å²) in [5.74, 6) is 0.234. The van der Waals surface area contributed by atoms with E-state index in [2.05, 4.69) is 4.99 Å². The molecule has 3 aromatic rings. The summed E-state index contributed by atoms with van der Waals surface area (Å²) < 4.78 is 12.8. The standard InChI is InChI=1S/C22H20N2O4S2/c1-4-28-21(26)18-13(2)23-22-24(19(18)16-10-7-11-29-16)20(25)17(30-22)12-14-8-5-6-9-15(14)27-3/h5-12,19H,4H2,1-3H3/b17-12+/t19-/m0/s1. The monoisotopic (exact) mass is 440 g/mol. The Kier molecular flexibility index (Phi) is 5.69. The third kappa shape index (κ3) is 3.53. The average Bonchev–Trinajstić information content (AvgIpc) is 3.36. The van der Waals surface area contributed by atoms with Gasteiger partial charge in [0, 0.05) is 10.4 Å². The molecule has 0 spiro atoms. The van der Waals surface area contributed by atoms with Crippen molar-refractivity contribution >= 4 is 34.7 Å². The Hall–Kier alpha value is -2.97. The lowest BCUT2D eigenvalue weighted by atomic mass is 10.0. The number of benzene rings is 1. The van der Waals surface area contributed by atoms with Crippen LogP contribution in [0.25, 0.3) is 6.08 Å². The molecular weight excluding hydrogens is 420 g/mol. The number of esters is 1. The molecule has 1 atom stereocenters. The minimum atomic E-state index is -0.555. The molecule has 0 saturated heterocycles. The molecule has 0 radical (unpaired) electrons. The predicted molar refractivity (Wildman–Crippen MR) is 118 cm³/mol. The van der Waals surface area contributed by atoms with Crippen molar-refractivity contribution in [2.24, 2.45) is 4.99 Å². The van der Waals surface area contributed by atoms with E-state index in [1.54, 1.807) is 31.6 Å². The van der Waals surface area contributed by atoms with Gasteiger partial charge in [-0.3, -0.25) is 9.36 Å². The number of rotatable bonds is 5. The Morgan fingerprint density at radius 2 is 2.07 bits per heavy atom. The van der Waals surface area contributed by atoms with Gasteiger partial charge >= 0.3 is 5.97 Å². The normalized spacial score (nSPS) is 16.2. The Labute approximate surface area is 181 Å². The minimum Gasteiger partial charge on any atom is -0.496 e. The Bertz CT molecular complexity index is 1300. The summed E-state index contributed by atoms with van der Waals surface area (Å²) in [7, 11) is 1.60. The molecular formula is C22H20N2O4S2. The third-order valence-electron chi connectivity index (χ3n) is 4.76. The van der Waals surface area contributed by atoms with Crippen molar-refractivity contribution in [1.29, 1.82) is 0 Å². The molecule has 0 N–H and O–H groups in total. The van der Waals surface area contributed by atoms with Crippen molar-refractivity contribution < 1.29 is 14.3 Å². The minimum absolute atomic E-state index is 0.197. The van der Waals surface area contributed by atoms with Crippen molar-refractivity contribution in [3.8, 4) is 5.75 Å². The fourth-order valence-corrected chi connectivity index (χ4v) is 5.30. The number of thiophene rings is 1.